The van der Waals surface area contributed by atoms with Gasteiger partial charge >= 0.3 is 5.97 Å². The molecule has 0 radical (unpaired) electrons. The fourth-order valence-corrected chi connectivity index (χ4v) is 5.22. The Hall–Kier alpha value is -4.77. The first-order valence-electron chi connectivity index (χ1n) is 13.1. The molecule has 0 aliphatic carbocycles. The Morgan fingerprint density at radius 2 is 1.88 bits per heavy atom. The molecule has 1 aliphatic heterocycles. The van der Waals surface area contributed by atoms with Crippen LogP contribution in [0, 0.1) is 17.5 Å². The van der Waals surface area contributed by atoms with Crippen LogP contribution in [0.3, 0.4) is 0 Å². The van der Waals surface area contributed by atoms with Crippen molar-refractivity contribution in [1.82, 2.24) is 14.8 Å². The van der Waals surface area contributed by atoms with Gasteiger partial charge in [0.05, 0.1) is 31.7 Å². The first-order chi connectivity index (χ1) is 20.1. The molecule has 42 heavy (non-hydrogen) atoms. The zero-order valence-corrected chi connectivity index (χ0v) is 22.7. The van der Waals surface area contributed by atoms with Gasteiger partial charge in [-0.15, -0.1) is 0 Å². The molecule has 8 nitrogen and oxygen atoms in total. The number of methoxy groups -OCH3 is 1. The molecule has 5 rings (SSSR count). The van der Waals surface area contributed by atoms with Gasteiger partial charge in [-0.05, 0) is 47.9 Å². The van der Waals surface area contributed by atoms with Crippen molar-refractivity contribution in [2.24, 2.45) is 5.73 Å². The van der Waals surface area contributed by atoms with Gasteiger partial charge < -0.3 is 15.2 Å². The maximum absolute atomic E-state index is 14.4. The molecular formula is C31H27F3N4O4. The number of halogens is 3. The minimum absolute atomic E-state index is 0.0414. The number of rotatable bonds is 10. The first-order valence-corrected chi connectivity index (χ1v) is 13.1. The molecule has 4 aromatic rings. The third kappa shape index (κ3) is 5.96. The van der Waals surface area contributed by atoms with Crippen molar-refractivity contribution in [2.75, 3.05) is 7.11 Å². The molecule has 2 aromatic heterocycles. The predicted octanol–water partition coefficient (Wildman–Crippen LogP) is 5.09. The number of fused-ring (bicyclic) bond motifs is 1. The van der Waals surface area contributed by atoms with E-state index < -0.39 is 29.3 Å². The van der Waals surface area contributed by atoms with Crippen LogP contribution in [0.25, 0.3) is 16.8 Å². The Kier molecular flexibility index (Phi) is 8.21. The summed E-state index contributed by atoms with van der Waals surface area (Å²) < 4.78 is 54.2. The number of carbonyl (C=O) groups excluding carboxylic acids is 2. The lowest BCUT2D eigenvalue weighted by Crippen LogP contribution is -2.21. The van der Waals surface area contributed by atoms with Crippen molar-refractivity contribution in [2.45, 2.75) is 38.5 Å². The summed E-state index contributed by atoms with van der Waals surface area (Å²) in [5.41, 5.74) is 9.14. The molecule has 216 valence electrons. The standard InChI is InChI=1S/C31H27F3N4O4/c1-17(35)25-12-19(5-6-27(25)34)24-4-3-7-36-29(24)20(8-18-9-21(32)13-22(33)10-18)11-23(39)14-38-30(31(40)41-2)26-15-42-16-28(26)37-38/h3-7,9-10,12-13,20H,1,8,11,14-16,35H2,2H3/t20-/m1/s1. The van der Waals surface area contributed by atoms with E-state index in [0.717, 1.165) is 6.07 Å². The van der Waals surface area contributed by atoms with Gasteiger partial charge in [0.15, 0.2) is 11.5 Å². The number of carbonyl (C=O) groups is 2. The summed E-state index contributed by atoms with van der Waals surface area (Å²) in [7, 11) is 1.24. The van der Waals surface area contributed by atoms with E-state index >= 15 is 0 Å². The van der Waals surface area contributed by atoms with E-state index in [4.69, 9.17) is 15.2 Å². The van der Waals surface area contributed by atoms with E-state index in [1.54, 1.807) is 24.4 Å². The maximum atomic E-state index is 14.4. The van der Waals surface area contributed by atoms with Gasteiger partial charge in [-0.3, -0.25) is 9.78 Å². The minimum Gasteiger partial charge on any atom is -0.464 e. The van der Waals surface area contributed by atoms with Crippen LogP contribution in [0.1, 0.15) is 50.9 Å². The van der Waals surface area contributed by atoms with Crippen molar-refractivity contribution >= 4 is 17.4 Å². The van der Waals surface area contributed by atoms with E-state index in [0.29, 0.717) is 33.6 Å². The second-order valence-corrected chi connectivity index (χ2v) is 9.99. The molecule has 0 bridgehead atoms. The second-order valence-electron chi connectivity index (χ2n) is 9.99. The normalized spacial score (nSPS) is 13.0. The average Bonchev–Trinajstić information content (AvgIpc) is 3.53. The number of Topliss-reactive ketones (excluding diaryl/α,β-unsaturated/α-hetero) is 1. The number of nitrogens with zero attached hydrogens (tertiary/aromatic N) is 3. The van der Waals surface area contributed by atoms with E-state index in [2.05, 4.69) is 16.7 Å². The van der Waals surface area contributed by atoms with E-state index in [1.165, 1.54) is 36.1 Å². The topological polar surface area (TPSA) is 109 Å². The number of benzene rings is 2. The molecule has 2 aromatic carbocycles. The maximum Gasteiger partial charge on any atom is 0.356 e. The number of hydrogen-bond donors (Lipinski definition) is 1. The SMILES string of the molecule is C=C(N)c1cc(-c2cccnc2[C@@H](CC(=O)Cn2nc3c(c2C(=O)OC)COC3)Cc2cc(F)cc(F)c2)ccc1F. The first kappa shape index (κ1) is 28.7. The zero-order chi connectivity index (χ0) is 30.0. The second kappa shape index (κ2) is 12.0. The molecule has 2 N–H and O–H groups in total. The van der Waals surface area contributed by atoms with Crippen molar-refractivity contribution in [1.29, 1.82) is 0 Å². The lowest BCUT2D eigenvalue weighted by molar-refractivity contribution is -0.120. The molecule has 11 heteroatoms. The van der Waals surface area contributed by atoms with E-state index in [9.17, 15) is 22.8 Å². The Balaban J connectivity index is 1.52. The number of hydrogen-bond acceptors (Lipinski definition) is 7. The molecule has 1 atom stereocenters. The van der Waals surface area contributed by atoms with Gasteiger partial charge in [0.2, 0.25) is 0 Å². The summed E-state index contributed by atoms with van der Waals surface area (Å²) in [6, 6.07) is 11.0. The fraction of sp³-hybridized carbons (Fsp3) is 0.226. The highest BCUT2D eigenvalue weighted by atomic mass is 19.1. The van der Waals surface area contributed by atoms with Gasteiger partial charge in [-0.1, -0.05) is 18.7 Å². The Bertz CT molecular complexity index is 1680. The summed E-state index contributed by atoms with van der Waals surface area (Å²) in [6.45, 7) is 3.77. The van der Waals surface area contributed by atoms with Gasteiger partial charge in [0.25, 0.3) is 0 Å². The minimum atomic E-state index is -0.753. The average molecular weight is 577 g/mol. The van der Waals surface area contributed by atoms with Crippen molar-refractivity contribution < 1.29 is 32.2 Å². The number of ketones is 1. The molecule has 3 heterocycles. The Morgan fingerprint density at radius 3 is 2.60 bits per heavy atom. The molecule has 0 saturated carbocycles. The van der Waals surface area contributed by atoms with Crippen LogP contribution in [-0.4, -0.2) is 33.6 Å². The third-order valence-corrected chi connectivity index (χ3v) is 7.05. The highest BCUT2D eigenvalue weighted by Crippen LogP contribution is 2.34. The van der Waals surface area contributed by atoms with Crippen LogP contribution >= 0.6 is 0 Å². The molecule has 0 saturated heterocycles. The van der Waals surface area contributed by atoms with Crippen LogP contribution < -0.4 is 5.73 Å². The molecule has 0 fully saturated rings. The summed E-state index contributed by atoms with van der Waals surface area (Å²) in [6.07, 6.45) is 1.50. The molecule has 0 spiro atoms. The lowest BCUT2D eigenvalue weighted by atomic mass is 9.86. The Morgan fingerprint density at radius 1 is 1.12 bits per heavy atom. The number of ether oxygens (including phenoxy) is 2. The van der Waals surface area contributed by atoms with E-state index in [-0.39, 0.29) is 55.3 Å². The highest BCUT2D eigenvalue weighted by molar-refractivity contribution is 5.90. The number of esters is 1. The number of nitrogens with two attached hydrogens (primary N) is 1. The highest BCUT2D eigenvalue weighted by Gasteiger charge is 2.30. The number of pyridine rings is 1. The van der Waals surface area contributed by atoms with E-state index in [1.807, 2.05) is 0 Å². The van der Waals surface area contributed by atoms with Gasteiger partial charge in [-0.2, -0.15) is 5.10 Å². The smallest absolute Gasteiger partial charge is 0.356 e. The van der Waals surface area contributed by atoms with Gasteiger partial charge in [0, 0.05) is 47.0 Å². The zero-order valence-electron chi connectivity index (χ0n) is 22.7. The van der Waals surface area contributed by atoms with Crippen molar-refractivity contribution in [3.8, 4) is 11.1 Å². The molecule has 0 amide bonds. The monoisotopic (exact) mass is 576 g/mol. The summed E-state index contributed by atoms with van der Waals surface area (Å²) in [4.78, 5) is 30.6. The number of aromatic nitrogens is 3. The molecule has 1 aliphatic rings. The predicted molar refractivity (Wildman–Crippen MR) is 147 cm³/mol. The van der Waals surface area contributed by atoms with Crippen LogP contribution in [0.2, 0.25) is 0 Å². The fourth-order valence-electron chi connectivity index (χ4n) is 5.22. The molecular weight excluding hydrogens is 549 g/mol. The van der Waals surface area contributed by atoms with Crippen LogP contribution in [-0.2, 0) is 40.4 Å². The summed E-state index contributed by atoms with van der Waals surface area (Å²) >= 11 is 0. The summed E-state index contributed by atoms with van der Waals surface area (Å²) in [5.74, 6) is -3.66. The van der Waals surface area contributed by atoms with Gasteiger partial charge in [-0.25, -0.2) is 22.6 Å². The Labute approximate surface area is 239 Å². The summed E-state index contributed by atoms with van der Waals surface area (Å²) in [5, 5.41) is 4.39. The van der Waals surface area contributed by atoms with Crippen LogP contribution in [0.15, 0.2) is 61.3 Å². The molecule has 0 unspecified atom stereocenters. The lowest BCUT2D eigenvalue weighted by Gasteiger charge is -2.20. The van der Waals surface area contributed by atoms with Crippen LogP contribution in [0.5, 0.6) is 0 Å². The quantitative estimate of drug-likeness (QED) is 0.262. The van der Waals surface area contributed by atoms with Crippen molar-refractivity contribution in [3.05, 3.63) is 113 Å². The van der Waals surface area contributed by atoms with Crippen LogP contribution in [0.4, 0.5) is 13.2 Å². The van der Waals surface area contributed by atoms with Crippen molar-refractivity contribution in [3.63, 3.8) is 0 Å². The largest absolute Gasteiger partial charge is 0.464 e. The third-order valence-electron chi connectivity index (χ3n) is 7.05. The van der Waals surface area contributed by atoms with Gasteiger partial charge in [0.1, 0.15) is 24.0 Å².